The molecule has 1 aliphatic rings. The number of nitrogens with one attached hydrogen (secondary N) is 1. The van der Waals surface area contributed by atoms with Crippen molar-refractivity contribution in [1.82, 2.24) is 14.5 Å². The first kappa shape index (κ1) is 25.4. The fraction of sp³-hybridized carbons (Fsp3) is 0.346. The number of rotatable bonds is 7. The molecule has 7 nitrogen and oxygen atoms in total. The largest absolute Gasteiger partial charge is 0.416 e. The summed E-state index contributed by atoms with van der Waals surface area (Å²) in [5.41, 5.74) is 1.21. The number of anilines is 1. The molecular formula is C26H27F3N4O3. The van der Waals surface area contributed by atoms with E-state index in [1.807, 2.05) is 29.7 Å². The first-order valence-electron chi connectivity index (χ1n) is 11.7. The van der Waals surface area contributed by atoms with E-state index in [1.54, 1.807) is 4.90 Å². The predicted octanol–water partition coefficient (Wildman–Crippen LogP) is 5.19. The molecule has 0 aliphatic carbocycles. The van der Waals surface area contributed by atoms with Crippen molar-refractivity contribution in [2.75, 3.05) is 25.0 Å². The average Bonchev–Trinajstić information content (AvgIpc) is 3.23. The number of alkyl halides is 3. The van der Waals surface area contributed by atoms with Gasteiger partial charge in [0.05, 0.1) is 29.2 Å². The third kappa shape index (κ3) is 5.43. The van der Waals surface area contributed by atoms with E-state index in [2.05, 4.69) is 16.9 Å². The van der Waals surface area contributed by atoms with Crippen molar-refractivity contribution in [3.8, 4) is 0 Å². The highest BCUT2D eigenvalue weighted by molar-refractivity contribution is 6.04. The van der Waals surface area contributed by atoms with Crippen LogP contribution in [0.25, 0.3) is 11.0 Å². The van der Waals surface area contributed by atoms with Crippen LogP contribution >= 0.6 is 0 Å². The molecule has 10 heteroatoms. The van der Waals surface area contributed by atoms with Gasteiger partial charge in [-0.25, -0.2) is 4.98 Å². The zero-order valence-electron chi connectivity index (χ0n) is 19.8. The molecule has 36 heavy (non-hydrogen) atoms. The Hall–Kier alpha value is -3.66. The van der Waals surface area contributed by atoms with Crippen LogP contribution in [0, 0.1) is 0 Å². The van der Waals surface area contributed by atoms with Crippen molar-refractivity contribution >= 4 is 28.8 Å². The molecule has 0 radical (unpaired) electrons. The number of nitrogens with zero attached hydrogens (tertiary/aromatic N) is 3. The minimum Gasteiger partial charge on any atom is -0.377 e. The summed E-state index contributed by atoms with van der Waals surface area (Å²) in [5.74, 6) is -0.682. The summed E-state index contributed by atoms with van der Waals surface area (Å²) in [6.07, 6.45) is -1.82. The molecule has 1 saturated heterocycles. The molecule has 1 atom stereocenters. The maximum Gasteiger partial charge on any atom is 0.416 e. The molecule has 3 aromatic rings. The lowest BCUT2D eigenvalue weighted by molar-refractivity contribution is -0.137. The van der Waals surface area contributed by atoms with Gasteiger partial charge in [-0.1, -0.05) is 18.7 Å². The number of aromatic nitrogens is 2. The van der Waals surface area contributed by atoms with Crippen LogP contribution in [-0.2, 0) is 22.3 Å². The molecule has 2 heterocycles. The lowest BCUT2D eigenvalue weighted by Crippen LogP contribution is -2.40. The lowest BCUT2D eigenvalue weighted by Gasteiger charge is -2.33. The molecular weight excluding hydrogens is 473 g/mol. The molecule has 0 spiro atoms. The molecule has 1 fully saturated rings. The SMILES string of the molecule is C=CC(=O)N1CCC[C@@H](n2c(NC(=O)c3cccc(C(F)(F)F)c3)nc3cc(COCC)ccc32)C1. The van der Waals surface area contributed by atoms with E-state index in [-0.39, 0.29) is 23.5 Å². The maximum absolute atomic E-state index is 13.2. The Bertz CT molecular complexity index is 1290. The molecule has 0 saturated carbocycles. The van der Waals surface area contributed by atoms with E-state index >= 15 is 0 Å². The molecule has 190 valence electrons. The van der Waals surface area contributed by atoms with Gasteiger partial charge in [0, 0.05) is 25.3 Å². The van der Waals surface area contributed by atoms with Gasteiger partial charge in [0.2, 0.25) is 11.9 Å². The Balaban J connectivity index is 1.72. The average molecular weight is 501 g/mol. The van der Waals surface area contributed by atoms with Crippen LogP contribution in [0.15, 0.2) is 55.1 Å². The number of piperidine rings is 1. The van der Waals surface area contributed by atoms with Crippen molar-refractivity contribution < 1.29 is 27.5 Å². The van der Waals surface area contributed by atoms with Gasteiger partial charge in [0.25, 0.3) is 5.91 Å². The number of amides is 2. The van der Waals surface area contributed by atoms with Gasteiger partial charge < -0.3 is 14.2 Å². The number of hydrogen-bond donors (Lipinski definition) is 1. The van der Waals surface area contributed by atoms with E-state index in [0.29, 0.717) is 31.8 Å². The third-order valence-corrected chi connectivity index (χ3v) is 6.15. The summed E-state index contributed by atoms with van der Waals surface area (Å²) in [5, 5.41) is 2.70. The van der Waals surface area contributed by atoms with E-state index in [4.69, 9.17) is 4.74 Å². The van der Waals surface area contributed by atoms with Gasteiger partial charge in [-0.3, -0.25) is 14.9 Å². The standard InChI is InChI=1S/C26H27F3N4O3/c1-3-23(34)32-12-6-9-20(15-32)33-22-11-10-17(16-36-4-2)13-21(22)30-25(33)31-24(35)18-7-5-8-19(14-18)26(27,28)29/h3,5,7-8,10-11,13-14,20H,1,4,6,9,12,15-16H2,2H3,(H,30,31,35)/t20-/m1/s1. The highest BCUT2D eigenvalue weighted by Gasteiger charge is 2.31. The minimum atomic E-state index is -4.57. The second kappa shape index (κ2) is 10.5. The Morgan fingerprint density at radius 2 is 2.06 bits per heavy atom. The lowest BCUT2D eigenvalue weighted by atomic mass is 10.0. The Labute approximate surface area is 206 Å². The molecule has 4 rings (SSSR count). The molecule has 1 N–H and O–H groups in total. The topological polar surface area (TPSA) is 76.5 Å². The number of likely N-dealkylation sites (tertiary alicyclic amines) is 1. The molecule has 1 aromatic heterocycles. The van der Waals surface area contributed by atoms with Crippen molar-refractivity contribution in [3.63, 3.8) is 0 Å². The molecule has 0 unspecified atom stereocenters. The first-order valence-corrected chi connectivity index (χ1v) is 11.7. The van der Waals surface area contributed by atoms with Crippen LogP contribution in [0.5, 0.6) is 0 Å². The van der Waals surface area contributed by atoms with Crippen molar-refractivity contribution in [2.24, 2.45) is 0 Å². The van der Waals surface area contributed by atoms with E-state index in [0.717, 1.165) is 36.1 Å². The first-order chi connectivity index (χ1) is 17.2. The minimum absolute atomic E-state index is 0.132. The van der Waals surface area contributed by atoms with Gasteiger partial charge in [0.15, 0.2) is 0 Å². The van der Waals surface area contributed by atoms with E-state index in [9.17, 15) is 22.8 Å². The van der Waals surface area contributed by atoms with Crippen LogP contribution in [-0.4, -0.2) is 46.0 Å². The molecule has 1 aliphatic heterocycles. The van der Waals surface area contributed by atoms with Crippen LogP contribution in [0.4, 0.5) is 19.1 Å². The Morgan fingerprint density at radius 3 is 2.78 bits per heavy atom. The second-order valence-electron chi connectivity index (χ2n) is 8.58. The van der Waals surface area contributed by atoms with Gasteiger partial charge in [-0.05, 0) is 61.7 Å². The Morgan fingerprint density at radius 1 is 1.25 bits per heavy atom. The van der Waals surface area contributed by atoms with Crippen LogP contribution in [0.1, 0.15) is 47.3 Å². The zero-order valence-corrected chi connectivity index (χ0v) is 19.8. The summed E-state index contributed by atoms with van der Waals surface area (Å²) in [6, 6.07) is 9.70. The van der Waals surface area contributed by atoms with E-state index < -0.39 is 17.6 Å². The summed E-state index contributed by atoms with van der Waals surface area (Å²) in [7, 11) is 0. The molecule has 0 bridgehead atoms. The van der Waals surface area contributed by atoms with E-state index in [1.165, 1.54) is 18.2 Å². The summed E-state index contributed by atoms with van der Waals surface area (Å²) in [4.78, 5) is 31.6. The number of hydrogen-bond acceptors (Lipinski definition) is 4. The normalized spacial score (nSPS) is 16.2. The maximum atomic E-state index is 13.2. The molecule has 2 amide bonds. The number of carbonyl (C=O) groups excluding carboxylic acids is 2. The number of carbonyl (C=O) groups is 2. The van der Waals surface area contributed by atoms with Gasteiger partial charge in [-0.15, -0.1) is 0 Å². The van der Waals surface area contributed by atoms with Crippen molar-refractivity contribution in [1.29, 1.82) is 0 Å². The number of halogens is 3. The Kier molecular flexibility index (Phi) is 7.44. The van der Waals surface area contributed by atoms with Gasteiger partial charge in [0.1, 0.15) is 0 Å². The fourth-order valence-corrected chi connectivity index (χ4v) is 4.42. The smallest absolute Gasteiger partial charge is 0.377 e. The summed E-state index contributed by atoms with van der Waals surface area (Å²) >= 11 is 0. The zero-order chi connectivity index (χ0) is 25.9. The van der Waals surface area contributed by atoms with Crippen LogP contribution in [0.3, 0.4) is 0 Å². The number of fused-ring (bicyclic) bond motifs is 1. The summed E-state index contributed by atoms with van der Waals surface area (Å²) < 4.78 is 46.8. The summed E-state index contributed by atoms with van der Waals surface area (Å²) in [6.45, 7) is 7.40. The van der Waals surface area contributed by atoms with Gasteiger partial charge >= 0.3 is 6.18 Å². The van der Waals surface area contributed by atoms with Crippen molar-refractivity contribution in [3.05, 3.63) is 71.8 Å². The number of benzene rings is 2. The molecule has 2 aromatic carbocycles. The van der Waals surface area contributed by atoms with Crippen LogP contribution in [0.2, 0.25) is 0 Å². The number of ether oxygens (including phenoxy) is 1. The second-order valence-corrected chi connectivity index (χ2v) is 8.58. The monoisotopic (exact) mass is 500 g/mol. The third-order valence-electron chi connectivity index (χ3n) is 6.15. The highest BCUT2D eigenvalue weighted by atomic mass is 19.4. The predicted molar refractivity (Wildman–Crippen MR) is 130 cm³/mol. The van der Waals surface area contributed by atoms with Crippen LogP contribution < -0.4 is 5.32 Å². The van der Waals surface area contributed by atoms with Crippen molar-refractivity contribution in [2.45, 2.75) is 38.6 Å². The quantitative estimate of drug-likeness (QED) is 0.453. The number of imidazole rings is 1. The fourth-order valence-electron chi connectivity index (χ4n) is 4.42. The van der Waals surface area contributed by atoms with Gasteiger partial charge in [-0.2, -0.15) is 13.2 Å². The highest BCUT2D eigenvalue weighted by Crippen LogP contribution is 2.32.